The third kappa shape index (κ3) is 22.8. The van der Waals surface area contributed by atoms with Crippen LogP contribution in [0.15, 0.2) is 161 Å². The van der Waals surface area contributed by atoms with Gasteiger partial charge in [-0.25, -0.2) is 38.6 Å². The number of allylic oxidation sites excluding steroid dienone is 4. The molecule has 8 aromatic rings. The summed E-state index contributed by atoms with van der Waals surface area (Å²) in [4.78, 5) is 62.4. The number of hydrogen-bond acceptors (Lipinski definition) is 22. The van der Waals surface area contributed by atoms with E-state index >= 15 is 0 Å². The minimum Gasteiger partial charge on any atom is -0.475 e. The summed E-state index contributed by atoms with van der Waals surface area (Å²) in [5, 5.41) is 101. The Labute approximate surface area is 786 Å². The Balaban J connectivity index is 0.000000162. The van der Waals surface area contributed by atoms with Gasteiger partial charge in [0.25, 0.3) is 0 Å². The Morgan fingerprint density at radius 3 is 1.17 bits per heavy atom. The maximum atomic E-state index is 13.1. The number of carbonyl (C=O) groups excluding carboxylic acids is 2. The summed E-state index contributed by atoms with van der Waals surface area (Å²) in [6.45, 7) is 47.3. The number of carboxylic acids is 2. The number of carboxylic acid groups (broad SMARTS) is 2. The van der Waals surface area contributed by atoms with Gasteiger partial charge in [0.15, 0.2) is 22.8 Å². The number of hydrogen-bond donors (Lipinski definition) is 12. The smallest absolute Gasteiger partial charge is 0.475 e. The predicted octanol–water partition coefficient (Wildman–Crippen LogP) is 17.8. The first-order valence-electron chi connectivity index (χ1n) is 40.5. The number of nitrogens with one attached hydrogen (secondary N) is 10. The molecule has 132 heavy (non-hydrogen) atoms. The number of rotatable bonds is 8. The van der Waals surface area contributed by atoms with Gasteiger partial charge in [-0.15, -0.1) is 0 Å². The second-order valence-corrected chi connectivity index (χ2v) is 35.3. The lowest BCUT2D eigenvalue weighted by molar-refractivity contribution is -0.193. The number of aromatic amines is 4. The number of H-pyrrole nitrogens is 4. The first kappa shape index (κ1) is 99.2. The van der Waals surface area contributed by atoms with E-state index in [1.807, 2.05) is 84.0 Å². The molecule has 44 heteroatoms. The second kappa shape index (κ2) is 43.1. The fourth-order valence-electron chi connectivity index (χ4n) is 15.6. The van der Waals surface area contributed by atoms with Gasteiger partial charge in [-0.05, 0) is 190 Å². The highest BCUT2D eigenvalue weighted by molar-refractivity contribution is 9.11. The summed E-state index contributed by atoms with van der Waals surface area (Å²) < 4.78 is 89.3. The van der Waals surface area contributed by atoms with E-state index in [0.29, 0.717) is 114 Å². The zero-order valence-corrected chi connectivity index (χ0v) is 77.3. The molecule has 8 aliphatic rings. The van der Waals surface area contributed by atoms with Crippen molar-refractivity contribution in [2.75, 3.05) is 73.7 Å². The van der Waals surface area contributed by atoms with Gasteiger partial charge in [-0.2, -0.15) is 67.8 Å². The molecule has 16 rings (SSSR count). The molecule has 0 radical (unpaired) electrons. The van der Waals surface area contributed by atoms with E-state index in [4.69, 9.17) is 65.0 Å². The van der Waals surface area contributed by atoms with Gasteiger partial charge in [-0.1, -0.05) is 55.0 Å². The van der Waals surface area contributed by atoms with Crippen LogP contribution in [0.5, 0.6) is 0 Å². The summed E-state index contributed by atoms with van der Waals surface area (Å²) in [5.74, 6) is -4.09. The molecule has 4 aromatic heterocycles. The molecule has 34 nitrogen and oxygen atoms in total. The van der Waals surface area contributed by atoms with Gasteiger partial charge in [-0.3, -0.25) is 20.4 Å². The normalized spacial score (nSPS) is 20.1. The number of fused-ring (bicyclic) bond motifs is 4. The van der Waals surface area contributed by atoms with Crippen LogP contribution in [-0.2, 0) is 28.5 Å². The number of carbonyl (C=O) groups is 4. The van der Waals surface area contributed by atoms with Crippen molar-refractivity contribution in [3.8, 4) is 24.3 Å². The van der Waals surface area contributed by atoms with E-state index in [-0.39, 0.29) is 42.7 Å². The molecule has 0 saturated carbocycles. The topological polar surface area (TPSA) is 452 Å². The number of aliphatic carboxylic acids is 2. The number of piperidine rings is 2. The summed E-state index contributed by atoms with van der Waals surface area (Å²) in [6.07, 6.45) is 0.944. The van der Waals surface area contributed by atoms with E-state index in [1.54, 1.807) is 64.9 Å². The van der Waals surface area contributed by atoms with E-state index in [0.717, 1.165) is 124 Å². The van der Waals surface area contributed by atoms with Crippen molar-refractivity contribution in [3.63, 3.8) is 0 Å². The SMILES string of the molecule is O=C(O)C(F)(F)F.O=C(O)C(F)(F)F.[C-]#[N+]C1=C(C2CCCCN2)Nc2[nH]ncc2C1c1cccc(C#N)c1Br.[C-]#[N+]C1=C(C2CCCCN2C(=O)OC(C)(C)C)Nc2[nH]ncc2C1c1cccc(C#N)c1Br.[C-]#[N+]C1=C(C2CN(C(=O)OC(C)(C)C)CCO2)Nc2[nH]ncc2C1c1cccc(C#N)c1Br.[C-]#[N+]C1=C(C2CNCCO2)Nc2[nH]ncc2C1c1cccc(C#N)c1Br. The third-order valence-electron chi connectivity index (χ3n) is 21.4. The number of aromatic nitrogens is 8. The van der Waals surface area contributed by atoms with E-state index in [2.05, 4.69) is 180 Å². The zero-order chi connectivity index (χ0) is 95.8. The van der Waals surface area contributed by atoms with Crippen LogP contribution < -0.4 is 31.9 Å². The highest BCUT2D eigenvalue weighted by Gasteiger charge is 2.45. The number of ether oxygens (including phenoxy) is 4. The van der Waals surface area contributed by atoms with Gasteiger partial charge in [0.1, 0.15) is 64.9 Å². The van der Waals surface area contributed by atoms with Gasteiger partial charge >= 0.3 is 36.5 Å². The number of alkyl halides is 6. The van der Waals surface area contributed by atoms with Crippen LogP contribution in [0.2, 0.25) is 0 Å². The predicted molar refractivity (Wildman–Crippen MR) is 480 cm³/mol. The van der Waals surface area contributed by atoms with Crippen LogP contribution in [0.4, 0.5) is 59.2 Å². The van der Waals surface area contributed by atoms with Crippen LogP contribution in [0, 0.1) is 71.6 Å². The van der Waals surface area contributed by atoms with E-state index < -0.39 is 59.5 Å². The summed E-state index contributed by atoms with van der Waals surface area (Å²) >= 11 is 14.2. The number of nitriles is 4. The summed E-state index contributed by atoms with van der Waals surface area (Å²) in [5.41, 5.74) is 12.6. The first-order valence-corrected chi connectivity index (χ1v) is 43.7. The third-order valence-corrected chi connectivity index (χ3v) is 24.9. The molecular weight excluding hydrogens is 1990 g/mol. The molecule has 8 aliphatic heterocycles. The van der Waals surface area contributed by atoms with Gasteiger partial charge in [0, 0.05) is 95.2 Å². The highest BCUT2D eigenvalue weighted by Crippen LogP contribution is 2.51. The number of nitrogens with zero attached hydrogens (tertiary/aromatic N) is 14. The van der Waals surface area contributed by atoms with Crippen LogP contribution in [0.25, 0.3) is 19.4 Å². The lowest BCUT2D eigenvalue weighted by atomic mass is 9.83. The number of amides is 2. The van der Waals surface area contributed by atoms with Gasteiger partial charge < -0.3 is 70.9 Å². The lowest BCUT2D eigenvalue weighted by Crippen LogP contribution is -2.49. The van der Waals surface area contributed by atoms with Gasteiger partial charge in [0.2, 0.25) is 0 Å². The Hall–Kier alpha value is -13.4. The number of benzene rings is 4. The number of morpholine rings is 2. The molecule has 12 N–H and O–H groups in total. The molecule has 684 valence electrons. The summed E-state index contributed by atoms with van der Waals surface area (Å²) in [7, 11) is 0. The minimum atomic E-state index is -5.08. The molecule has 4 saturated heterocycles. The maximum Gasteiger partial charge on any atom is 0.490 e. The fraction of sp³-hybridized carbons (Fsp3) is 0.364. The molecule has 12 heterocycles. The standard InChI is InChI=1S/C24H25BrN6O2.C23H23BrN6O3.C19H17BrN6.C18H15BrN6O.2C2HF3O2/c1-24(2,3)33-23(32)31-11-6-5-10-17(31)20-21(27-4)18(16-13-28-30-22(16)29-20)15-9-7-8-14(12-26)19(15)25;1-23(2,3)33-22(31)30-8-9-32-16(12-30)19-20(26-4)17(15-11-27-29-21(15)28-19)14-7-5-6-13(10-25)18(14)24;1-22-18-15(12-6-4-5-11(9-21)16(12)20)13-10-24-26-19(13)25-17(18)14-7-2-3-8-23-14;1-21-17-14(11-4-2-3-10(7-20)15(11)19)12-8-23-25-18(12)24-16(17)13-9-22-5-6-26-13;2*3-2(4,5)1(6)7/h7-9,13,17-18H,5-6,10-11H2,1-3H3,(H2,28,29,30);5-7,11,16-17H,8-9,12H2,1-3H3,(H2,27,28,29);4-6,10,14-15,23H,2-3,7-8H2,(H2,24,25,26);2-4,8,13-14,22H,5-6,9H2,(H2,23,24,25);2*(H,6,7). The van der Waals surface area contributed by atoms with Crippen molar-refractivity contribution in [1.82, 2.24) is 61.2 Å². The Morgan fingerprint density at radius 1 is 0.470 bits per heavy atom. The number of likely N-dealkylation sites (tertiary alicyclic amines) is 1. The van der Waals surface area contributed by atoms with Crippen LogP contribution in [0.3, 0.4) is 0 Å². The van der Waals surface area contributed by atoms with Crippen molar-refractivity contribution in [2.45, 2.75) is 152 Å². The molecule has 4 aromatic carbocycles. The average Bonchev–Trinajstić information content (AvgIpc) is 1.42. The molecule has 4 fully saturated rings. The molecule has 0 spiro atoms. The largest absolute Gasteiger partial charge is 0.490 e. The Morgan fingerprint density at radius 2 is 0.818 bits per heavy atom. The minimum absolute atomic E-state index is 0.129. The maximum absolute atomic E-state index is 13.1. The number of halogens is 10. The molecular formula is C88H82Br4F6N24O10. The second-order valence-electron chi connectivity index (χ2n) is 32.1. The molecule has 8 atom stereocenters. The molecule has 0 aliphatic carbocycles. The Kier molecular flexibility index (Phi) is 32.4. The Bertz CT molecular complexity index is 6010. The number of anilines is 4. The van der Waals surface area contributed by atoms with E-state index in [9.17, 15) is 57.0 Å². The van der Waals surface area contributed by atoms with Crippen molar-refractivity contribution in [1.29, 1.82) is 21.0 Å². The monoisotopic (exact) mass is 2060 g/mol. The lowest BCUT2D eigenvalue weighted by Gasteiger charge is -2.40. The van der Waals surface area contributed by atoms with Crippen molar-refractivity contribution in [2.24, 2.45) is 0 Å². The molecule has 0 bridgehead atoms. The van der Waals surface area contributed by atoms with Crippen molar-refractivity contribution in [3.05, 3.63) is 273 Å². The van der Waals surface area contributed by atoms with Gasteiger partial charge in [0.05, 0.1) is 129 Å². The fourth-order valence-corrected chi connectivity index (χ4v) is 17.9. The van der Waals surface area contributed by atoms with Crippen LogP contribution in [-0.4, -0.2) is 185 Å². The highest BCUT2D eigenvalue weighted by atomic mass is 79.9. The molecule has 8 unspecified atom stereocenters. The molecule has 2 amide bonds. The van der Waals surface area contributed by atoms with Crippen LogP contribution in [0.1, 0.15) is 171 Å². The van der Waals surface area contributed by atoms with Crippen molar-refractivity contribution < 1.29 is 74.7 Å². The average molecular weight is 2070 g/mol. The van der Waals surface area contributed by atoms with Crippen molar-refractivity contribution >= 4 is 111 Å². The van der Waals surface area contributed by atoms with E-state index in [1.165, 1.54) is 0 Å². The van der Waals surface area contributed by atoms with Crippen LogP contribution >= 0.6 is 63.7 Å². The first-order chi connectivity index (χ1) is 62.8. The quantitative estimate of drug-likeness (QED) is 0.0496. The zero-order valence-electron chi connectivity index (χ0n) is 71.0. The summed E-state index contributed by atoms with van der Waals surface area (Å²) in [6, 6.07) is 30.5.